The van der Waals surface area contributed by atoms with Crippen molar-refractivity contribution in [3.8, 4) is 5.69 Å². The van der Waals surface area contributed by atoms with Gasteiger partial charge in [-0.3, -0.25) is 24.3 Å². The first-order valence-electron chi connectivity index (χ1n) is 10.4. The van der Waals surface area contributed by atoms with E-state index in [2.05, 4.69) is 0 Å². The van der Waals surface area contributed by atoms with E-state index in [-0.39, 0.29) is 29.2 Å². The summed E-state index contributed by atoms with van der Waals surface area (Å²) in [6, 6.07) is 13.2. The van der Waals surface area contributed by atoms with E-state index in [9.17, 15) is 24.5 Å². The van der Waals surface area contributed by atoms with Crippen LogP contribution in [0.1, 0.15) is 26.4 Å². The van der Waals surface area contributed by atoms with Gasteiger partial charge in [0.1, 0.15) is 10.5 Å². The Bertz CT molecular complexity index is 1580. The summed E-state index contributed by atoms with van der Waals surface area (Å²) in [7, 11) is 3.22. The van der Waals surface area contributed by atoms with Gasteiger partial charge in [0.2, 0.25) is 0 Å². The highest BCUT2D eigenvalue weighted by molar-refractivity contribution is 7.20. The van der Waals surface area contributed by atoms with Crippen molar-refractivity contribution in [3.05, 3.63) is 101 Å². The Hall–Kier alpha value is -4.05. The number of para-hydroxylation sites is 2. The largest absolute Gasteiger partial charge is 0.344 e. The Labute approximate surface area is 198 Å². The molecule has 174 valence electrons. The monoisotopic (exact) mass is 478 g/mol. The normalized spacial score (nSPS) is 11.1. The second-order valence-electron chi connectivity index (χ2n) is 8.12. The van der Waals surface area contributed by atoms with E-state index in [0.717, 1.165) is 27.0 Å². The molecule has 1 amide bonds. The van der Waals surface area contributed by atoms with Crippen LogP contribution >= 0.6 is 11.3 Å². The molecular formula is C24H22N4O5S. The molecule has 0 saturated carbocycles. The third kappa shape index (κ3) is 3.71. The van der Waals surface area contributed by atoms with Crippen molar-refractivity contribution >= 4 is 33.1 Å². The number of hydrogen-bond acceptors (Lipinski definition) is 6. The Kier molecular flexibility index (Phi) is 5.92. The van der Waals surface area contributed by atoms with Gasteiger partial charge in [-0.15, -0.1) is 11.3 Å². The number of rotatable bonds is 5. The molecule has 0 radical (unpaired) electrons. The minimum atomic E-state index is -0.708. The first kappa shape index (κ1) is 23.1. The molecule has 0 saturated heterocycles. The number of nitro groups is 1. The number of fused-ring (bicyclic) bond motifs is 1. The number of aromatic nitrogens is 2. The summed E-state index contributed by atoms with van der Waals surface area (Å²) >= 11 is 1.08. The van der Waals surface area contributed by atoms with Crippen LogP contribution in [0.3, 0.4) is 0 Å². The number of aryl methyl sites for hydroxylation is 2. The Morgan fingerprint density at radius 3 is 2.35 bits per heavy atom. The molecule has 0 aliphatic carbocycles. The van der Waals surface area contributed by atoms with Gasteiger partial charge in [0.15, 0.2) is 0 Å². The molecule has 4 aromatic rings. The number of nitro benzene ring substituents is 1. The molecule has 0 spiro atoms. The quantitative estimate of drug-likeness (QED) is 0.322. The van der Waals surface area contributed by atoms with Crippen LogP contribution in [0.25, 0.3) is 15.9 Å². The van der Waals surface area contributed by atoms with Crippen LogP contribution in [0.5, 0.6) is 0 Å². The first-order chi connectivity index (χ1) is 16.1. The van der Waals surface area contributed by atoms with Gasteiger partial charge < -0.3 is 4.90 Å². The lowest BCUT2D eigenvalue weighted by Crippen LogP contribution is -2.39. The van der Waals surface area contributed by atoms with Gasteiger partial charge in [-0.1, -0.05) is 36.4 Å². The maximum absolute atomic E-state index is 13.7. The fourth-order valence-corrected chi connectivity index (χ4v) is 5.18. The number of hydrogen-bond donors (Lipinski definition) is 0. The van der Waals surface area contributed by atoms with Crippen LogP contribution in [-0.2, 0) is 6.54 Å². The maximum Gasteiger partial charge on any atom is 0.337 e. The number of benzene rings is 2. The minimum absolute atomic E-state index is 0.117. The van der Waals surface area contributed by atoms with Crippen LogP contribution in [0.4, 0.5) is 5.69 Å². The third-order valence-corrected chi connectivity index (χ3v) is 7.02. The van der Waals surface area contributed by atoms with Crippen LogP contribution < -0.4 is 11.2 Å². The molecule has 10 heteroatoms. The standard InChI is InChI=1S/C24H22N4O5S/c1-14-9-5-6-10-16(14)13-26-23-19(15(2)20(34-23)22(30)25(3)4)21(29)27(24(26)31)17-11-7-8-12-18(17)28(32)33/h5-12H,13H2,1-4H3. The van der Waals surface area contributed by atoms with E-state index in [1.54, 1.807) is 21.0 Å². The molecule has 0 atom stereocenters. The predicted octanol–water partition coefficient (Wildman–Crippen LogP) is 3.49. The van der Waals surface area contributed by atoms with Gasteiger partial charge in [-0.05, 0) is 36.6 Å². The summed E-state index contributed by atoms with van der Waals surface area (Å²) in [5.41, 5.74) is 0.362. The minimum Gasteiger partial charge on any atom is -0.344 e. The highest BCUT2D eigenvalue weighted by Crippen LogP contribution is 2.30. The predicted molar refractivity (Wildman–Crippen MR) is 131 cm³/mol. The van der Waals surface area contributed by atoms with E-state index in [1.165, 1.54) is 33.7 Å². The van der Waals surface area contributed by atoms with Crippen molar-refractivity contribution in [1.29, 1.82) is 0 Å². The van der Waals surface area contributed by atoms with E-state index >= 15 is 0 Å². The summed E-state index contributed by atoms with van der Waals surface area (Å²) in [4.78, 5) is 53.3. The summed E-state index contributed by atoms with van der Waals surface area (Å²) in [6.07, 6.45) is 0. The van der Waals surface area contributed by atoms with E-state index in [0.29, 0.717) is 15.3 Å². The molecule has 0 N–H and O–H groups in total. The average Bonchev–Trinajstić information content (AvgIpc) is 3.14. The molecule has 0 unspecified atom stereocenters. The molecule has 9 nitrogen and oxygen atoms in total. The molecule has 2 heterocycles. The number of nitrogens with zero attached hydrogens (tertiary/aromatic N) is 4. The van der Waals surface area contributed by atoms with E-state index in [4.69, 9.17) is 0 Å². The Balaban J connectivity index is 2.15. The maximum atomic E-state index is 13.7. The van der Waals surface area contributed by atoms with Gasteiger partial charge in [0.25, 0.3) is 17.2 Å². The fourth-order valence-electron chi connectivity index (χ4n) is 3.87. The molecule has 2 aromatic carbocycles. The van der Waals surface area contributed by atoms with Gasteiger partial charge in [0, 0.05) is 20.2 Å². The topological polar surface area (TPSA) is 107 Å². The van der Waals surface area contributed by atoms with Crippen molar-refractivity contribution in [2.24, 2.45) is 0 Å². The lowest BCUT2D eigenvalue weighted by Gasteiger charge is -2.13. The van der Waals surface area contributed by atoms with Crippen LogP contribution in [0.2, 0.25) is 0 Å². The second kappa shape index (κ2) is 8.71. The zero-order chi connectivity index (χ0) is 24.7. The van der Waals surface area contributed by atoms with Crippen molar-refractivity contribution in [3.63, 3.8) is 0 Å². The smallest absolute Gasteiger partial charge is 0.337 e. The third-order valence-electron chi connectivity index (χ3n) is 5.72. The SMILES string of the molecule is Cc1ccccc1Cn1c(=O)n(-c2ccccc2[N+](=O)[O-])c(=O)c2c(C)c(C(=O)N(C)C)sc21. The summed E-state index contributed by atoms with van der Waals surface area (Å²) < 4.78 is 2.25. The van der Waals surface area contributed by atoms with Gasteiger partial charge in [-0.2, -0.15) is 0 Å². The summed E-state index contributed by atoms with van der Waals surface area (Å²) in [5.74, 6) is -0.287. The average molecular weight is 479 g/mol. The first-order valence-corrected chi connectivity index (χ1v) is 11.2. The van der Waals surface area contributed by atoms with Crippen LogP contribution in [-0.4, -0.2) is 39.0 Å². The molecule has 0 fully saturated rings. The Morgan fingerprint density at radius 2 is 1.71 bits per heavy atom. The lowest BCUT2D eigenvalue weighted by molar-refractivity contribution is -0.384. The molecule has 34 heavy (non-hydrogen) atoms. The molecule has 0 bridgehead atoms. The number of amides is 1. The van der Waals surface area contributed by atoms with Gasteiger partial charge in [0.05, 0.1) is 21.7 Å². The molecule has 4 rings (SSSR count). The van der Waals surface area contributed by atoms with Crippen molar-refractivity contribution in [2.75, 3.05) is 14.1 Å². The van der Waals surface area contributed by atoms with E-state index in [1.807, 2.05) is 31.2 Å². The fraction of sp³-hybridized carbons (Fsp3) is 0.208. The van der Waals surface area contributed by atoms with Gasteiger partial charge >= 0.3 is 5.69 Å². The zero-order valence-corrected chi connectivity index (χ0v) is 19.9. The number of carbonyl (C=O) groups is 1. The number of thiophene rings is 1. The van der Waals surface area contributed by atoms with Crippen LogP contribution in [0, 0.1) is 24.0 Å². The van der Waals surface area contributed by atoms with Crippen molar-refractivity contribution in [1.82, 2.24) is 14.0 Å². The molecular weight excluding hydrogens is 456 g/mol. The zero-order valence-electron chi connectivity index (χ0n) is 19.1. The second-order valence-corrected chi connectivity index (χ2v) is 9.12. The highest BCUT2D eigenvalue weighted by Gasteiger charge is 2.27. The summed E-state index contributed by atoms with van der Waals surface area (Å²) in [6.45, 7) is 3.71. The van der Waals surface area contributed by atoms with Crippen LogP contribution in [0.15, 0.2) is 58.1 Å². The highest BCUT2D eigenvalue weighted by atomic mass is 32.1. The Morgan fingerprint density at radius 1 is 1.06 bits per heavy atom. The van der Waals surface area contributed by atoms with Crippen molar-refractivity contribution < 1.29 is 9.72 Å². The molecule has 0 aliphatic rings. The molecule has 2 aromatic heterocycles. The van der Waals surface area contributed by atoms with E-state index < -0.39 is 16.2 Å². The molecule has 0 aliphatic heterocycles. The lowest BCUT2D eigenvalue weighted by atomic mass is 10.1. The summed E-state index contributed by atoms with van der Waals surface area (Å²) in [5, 5.41) is 11.9. The van der Waals surface area contributed by atoms with Crippen molar-refractivity contribution in [2.45, 2.75) is 20.4 Å². The van der Waals surface area contributed by atoms with Gasteiger partial charge in [-0.25, -0.2) is 9.36 Å². The number of carbonyl (C=O) groups excluding carboxylic acids is 1.